The van der Waals surface area contributed by atoms with Crippen LogP contribution in [-0.4, -0.2) is 18.5 Å². The molecule has 0 radical (unpaired) electrons. The summed E-state index contributed by atoms with van der Waals surface area (Å²) >= 11 is 0. The Morgan fingerprint density at radius 2 is 0.585 bits per heavy atom. The SMILES string of the molecule is CC(C)CCCCCCCCCCCCCCC(=O)NCNC(=O)CCCCCCCCCCCCCCC(C)C. The molecule has 0 fully saturated rings. The molecule has 0 saturated heterocycles. The molecule has 0 rings (SSSR count). The van der Waals surface area contributed by atoms with Crippen LogP contribution in [0.25, 0.3) is 0 Å². The molecule has 0 aromatic heterocycles. The molecule has 0 atom stereocenters. The second-order valence-corrected chi connectivity index (χ2v) is 13.7. The number of carbonyl (C=O) groups excluding carboxylic acids is 2. The lowest BCUT2D eigenvalue weighted by atomic mass is 10.0. The monoisotopic (exact) mass is 579 g/mol. The lowest BCUT2D eigenvalue weighted by Crippen LogP contribution is -2.37. The Hall–Kier alpha value is -1.06. The van der Waals surface area contributed by atoms with Crippen molar-refractivity contribution in [2.75, 3.05) is 6.67 Å². The molecule has 4 nitrogen and oxygen atoms in total. The van der Waals surface area contributed by atoms with Gasteiger partial charge in [0, 0.05) is 12.8 Å². The number of carbonyl (C=O) groups is 2. The molecule has 244 valence electrons. The molecule has 0 unspecified atom stereocenters. The van der Waals surface area contributed by atoms with Gasteiger partial charge in [-0.25, -0.2) is 0 Å². The van der Waals surface area contributed by atoms with Crippen molar-refractivity contribution in [1.82, 2.24) is 10.6 Å². The minimum Gasteiger partial charge on any atom is -0.339 e. The fourth-order valence-electron chi connectivity index (χ4n) is 5.63. The van der Waals surface area contributed by atoms with Crippen LogP contribution in [0.2, 0.25) is 0 Å². The molecule has 41 heavy (non-hydrogen) atoms. The van der Waals surface area contributed by atoms with Crippen LogP contribution in [0.4, 0.5) is 0 Å². The first-order valence-electron chi connectivity index (χ1n) is 18.4. The summed E-state index contributed by atoms with van der Waals surface area (Å²) in [7, 11) is 0. The Bertz CT molecular complexity index is 513. The van der Waals surface area contributed by atoms with Crippen molar-refractivity contribution in [2.45, 2.75) is 207 Å². The fourth-order valence-corrected chi connectivity index (χ4v) is 5.63. The zero-order valence-electron chi connectivity index (χ0n) is 28.5. The van der Waals surface area contributed by atoms with Gasteiger partial charge in [-0.2, -0.15) is 0 Å². The molecule has 0 saturated carbocycles. The van der Waals surface area contributed by atoms with E-state index in [2.05, 4.69) is 38.3 Å². The number of hydrogen-bond donors (Lipinski definition) is 2. The summed E-state index contributed by atoms with van der Waals surface area (Å²) in [6.07, 6.45) is 35.4. The van der Waals surface area contributed by atoms with E-state index >= 15 is 0 Å². The first-order chi connectivity index (χ1) is 19.9. The predicted octanol–water partition coefficient (Wildman–Crippen LogP) is 11.4. The summed E-state index contributed by atoms with van der Waals surface area (Å²) in [4.78, 5) is 24.0. The zero-order valence-corrected chi connectivity index (χ0v) is 28.5. The molecular formula is C37H74N2O2. The summed E-state index contributed by atoms with van der Waals surface area (Å²) < 4.78 is 0. The highest BCUT2D eigenvalue weighted by Gasteiger charge is 2.04. The molecule has 0 aromatic carbocycles. The summed E-state index contributed by atoms with van der Waals surface area (Å²) in [6.45, 7) is 9.54. The van der Waals surface area contributed by atoms with Crippen LogP contribution in [-0.2, 0) is 9.59 Å². The Kier molecular flexibility index (Phi) is 31.0. The second kappa shape index (κ2) is 31.9. The van der Waals surface area contributed by atoms with Crippen LogP contribution >= 0.6 is 0 Å². The highest BCUT2D eigenvalue weighted by Crippen LogP contribution is 2.16. The van der Waals surface area contributed by atoms with Crippen LogP contribution in [0.3, 0.4) is 0 Å². The number of unbranched alkanes of at least 4 members (excludes halogenated alkanes) is 22. The van der Waals surface area contributed by atoms with Crippen molar-refractivity contribution in [2.24, 2.45) is 11.8 Å². The average Bonchev–Trinajstić information content (AvgIpc) is 2.93. The summed E-state index contributed by atoms with van der Waals surface area (Å²) in [5.74, 6) is 1.83. The molecule has 2 N–H and O–H groups in total. The van der Waals surface area contributed by atoms with Gasteiger partial charge in [0.2, 0.25) is 11.8 Å². The molecule has 0 heterocycles. The highest BCUT2D eigenvalue weighted by atomic mass is 16.2. The largest absolute Gasteiger partial charge is 0.339 e. The zero-order chi connectivity index (χ0) is 30.2. The molecule has 0 spiro atoms. The molecule has 0 aliphatic rings. The maximum Gasteiger partial charge on any atom is 0.221 e. The van der Waals surface area contributed by atoms with E-state index in [0.717, 1.165) is 37.5 Å². The minimum atomic E-state index is 0.0600. The van der Waals surface area contributed by atoms with E-state index in [1.807, 2.05) is 0 Å². The van der Waals surface area contributed by atoms with Crippen molar-refractivity contribution in [3.05, 3.63) is 0 Å². The predicted molar refractivity (Wildman–Crippen MR) is 180 cm³/mol. The van der Waals surface area contributed by atoms with Crippen LogP contribution in [0.1, 0.15) is 207 Å². The maximum atomic E-state index is 12.0. The topological polar surface area (TPSA) is 58.2 Å². The average molecular weight is 579 g/mol. The fraction of sp³-hybridized carbons (Fsp3) is 0.946. The summed E-state index contributed by atoms with van der Waals surface area (Å²) in [6, 6.07) is 0. The van der Waals surface area contributed by atoms with Gasteiger partial charge < -0.3 is 10.6 Å². The highest BCUT2D eigenvalue weighted by molar-refractivity contribution is 5.78. The van der Waals surface area contributed by atoms with Crippen molar-refractivity contribution in [3.8, 4) is 0 Å². The van der Waals surface area contributed by atoms with E-state index < -0.39 is 0 Å². The van der Waals surface area contributed by atoms with E-state index in [1.165, 1.54) is 141 Å². The number of amides is 2. The van der Waals surface area contributed by atoms with Crippen LogP contribution < -0.4 is 10.6 Å². The van der Waals surface area contributed by atoms with E-state index in [1.54, 1.807) is 0 Å². The Balaban J connectivity index is 3.28. The normalized spacial score (nSPS) is 11.5. The van der Waals surface area contributed by atoms with Crippen molar-refractivity contribution in [3.63, 3.8) is 0 Å². The number of rotatable bonds is 32. The lowest BCUT2D eigenvalue weighted by Gasteiger charge is -2.08. The Labute approximate surface area is 257 Å². The third-order valence-electron chi connectivity index (χ3n) is 8.44. The summed E-state index contributed by atoms with van der Waals surface area (Å²) in [5.41, 5.74) is 0. The van der Waals surface area contributed by atoms with E-state index in [-0.39, 0.29) is 18.5 Å². The third-order valence-corrected chi connectivity index (χ3v) is 8.44. The van der Waals surface area contributed by atoms with Crippen molar-refractivity contribution in [1.29, 1.82) is 0 Å². The number of nitrogens with one attached hydrogen (secondary N) is 2. The Morgan fingerprint density at radius 3 is 0.829 bits per heavy atom. The summed E-state index contributed by atoms with van der Waals surface area (Å²) in [5, 5.41) is 5.69. The van der Waals surface area contributed by atoms with Crippen molar-refractivity contribution < 1.29 is 9.59 Å². The van der Waals surface area contributed by atoms with Gasteiger partial charge in [-0.3, -0.25) is 9.59 Å². The first-order valence-corrected chi connectivity index (χ1v) is 18.4. The molecule has 4 heteroatoms. The quantitative estimate of drug-likeness (QED) is 0.0616. The molecule has 0 bridgehead atoms. The minimum absolute atomic E-state index is 0.0600. The smallest absolute Gasteiger partial charge is 0.221 e. The van der Waals surface area contributed by atoms with E-state index in [0.29, 0.717) is 12.8 Å². The van der Waals surface area contributed by atoms with Gasteiger partial charge >= 0.3 is 0 Å². The van der Waals surface area contributed by atoms with Crippen molar-refractivity contribution >= 4 is 11.8 Å². The van der Waals surface area contributed by atoms with Gasteiger partial charge in [-0.05, 0) is 24.7 Å². The van der Waals surface area contributed by atoms with Gasteiger partial charge in [0.15, 0.2) is 0 Å². The standard InChI is InChI=1S/C37H74N2O2/c1-34(2)29-25-21-17-13-9-5-7-11-15-19-23-27-31-36(40)38-33-39-37(41)32-28-24-20-16-12-8-6-10-14-18-22-26-30-35(3)4/h34-35H,5-33H2,1-4H3,(H,38,40)(H,39,41). The maximum absolute atomic E-state index is 12.0. The van der Waals surface area contributed by atoms with Gasteiger partial charge in [0.05, 0.1) is 6.67 Å². The molecule has 0 aliphatic carbocycles. The van der Waals surface area contributed by atoms with E-state index in [9.17, 15) is 9.59 Å². The Morgan fingerprint density at radius 1 is 0.366 bits per heavy atom. The van der Waals surface area contributed by atoms with Crippen LogP contribution in [0, 0.1) is 11.8 Å². The van der Waals surface area contributed by atoms with Gasteiger partial charge in [-0.1, -0.05) is 182 Å². The van der Waals surface area contributed by atoms with Gasteiger partial charge in [0.1, 0.15) is 0 Å². The third kappa shape index (κ3) is 35.0. The number of hydrogen-bond acceptors (Lipinski definition) is 2. The van der Waals surface area contributed by atoms with Crippen LogP contribution in [0.5, 0.6) is 0 Å². The van der Waals surface area contributed by atoms with Crippen LogP contribution in [0.15, 0.2) is 0 Å². The second-order valence-electron chi connectivity index (χ2n) is 13.7. The first kappa shape index (κ1) is 39.9. The van der Waals surface area contributed by atoms with Gasteiger partial charge in [0.25, 0.3) is 0 Å². The van der Waals surface area contributed by atoms with E-state index in [4.69, 9.17) is 0 Å². The molecule has 2 amide bonds. The molecular weight excluding hydrogens is 504 g/mol. The lowest BCUT2D eigenvalue weighted by molar-refractivity contribution is -0.123. The molecule has 0 aliphatic heterocycles. The molecule has 0 aromatic rings. The van der Waals surface area contributed by atoms with Gasteiger partial charge in [-0.15, -0.1) is 0 Å².